The molecule has 0 bridgehead atoms. The Balaban J connectivity index is 0.000000148. The van der Waals surface area contributed by atoms with Crippen LogP contribution in [0, 0.1) is 12.7 Å². The highest BCUT2D eigenvalue weighted by molar-refractivity contribution is 9.10. The van der Waals surface area contributed by atoms with E-state index in [0.717, 1.165) is 116 Å². The fraction of sp³-hybridized carbons (Fsp3) is 0.253. The van der Waals surface area contributed by atoms with Crippen molar-refractivity contribution in [1.82, 2.24) is 83.6 Å². The van der Waals surface area contributed by atoms with Crippen LogP contribution in [0.5, 0.6) is 28.9 Å². The number of aldehydes is 2. The lowest BCUT2D eigenvalue weighted by atomic mass is 10.1. The molecular formula is C99H98BrF6N17O8. The summed E-state index contributed by atoms with van der Waals surface area (Å²) in [7, 11) is 1.33. The van der Waals surface area contributed by atoms with Crippen molar-refractivity contribution in [1.29, 1.82) is 0 Å². The van der Waals surface area contributed by atoms with E-state index >= 15 is 0 Å². The first-order valence-electron chi connectivity index (χ1n) is 42.0. The SMILES string of the molecule is C=Cc1ccccc1OCc1cccnc1-c1ccnn1C(C)C.C=Cc1ccccc1OCc1cccnc1-c1ccnn1C(C)C.CC(C)n1nccc1-c1ncccc1COc1ccc(F)c2c1C(=O)CC2.Cc1cccc(OCc2ccc(Br)nc2-c2ccnn2C(C)C)c1C=O.Cn1nc(C(C)(F)F)c(C=O)c1OCc1cccnc1-c1ccnn1CC(F)(F)F. The zero-order valence-electron chi connectivity index (χ0n) is 74.1. The lowest BCUT2D eigenvalue weighted by Crippen LogP contribution is -2.19. The van der Waals surface area contributed by atoms with Gasteiger partial charge < -0.3 is 23.7 Å². The third-order valence-electron chi connectivity index (χ3n) is 20.6. The van der Waals surface area contributed by atoms with Gasteiger partial charge in [-0.1, -0.05) is 104 Å². The maximum absolute atomic E-state index is 13.9. The molecule has 1 aliphatic carbocycles. The molecule has 16 rings (SSSR count). The topological polar surface area (TPSA) is 269 Å². The number of ketones is 1. The number of para-hydroxylation sites is 2. The average Bonchev–Trinajstić information content (AvgIpc) is 1.68. The summed E-state index contributed by atoms with van der Waals surface area (Å²) >= 11 is 3.44. The predicted molar refractivity (Wildman–Crippen MR) is 491 cm³/mol. The van der Waals surface area contributed by atoms with E-state index in [4.69, 9.17) is 23.7 Å². The van der Waals surface area contributed by atoms with Crippen LogP contribution in [0.1, 0.15) is 180 Å². The summed E-state index contributed by atoms with van der Waals surface area (Å²) in [6, 6.07) is 53.1. The lowest BCUT2D eigenvalue weighted by molar-refractivity contribution is -0.142. The zero-order chi connectivity index (χ0) is 93.6. The highest BCUT2D eigenvalue weighted by atomic mass is 79.9. The maximum Gasteiger partial charge on any atom is 0.408 e. The van der Waals surface area contributed by atoms with Gasteiger partial charge in [0.15, 0.2) is 18.4 Å². The number of hydrogen-bond donors (Lipinski definition) is 0. The number of halogens is 7. The molecule has 0 fully saturated rings. The normalized spacial score (nSPS) is 11.7. The maximum atomic E-state index is 13.9. The first kappa shape index (κ1) is 95.5. The number of carbonyl (C=O) groups excluding carboxylic acids is 3. The fourth-order valence-electron chi connectivity index (χ4n) is 14.4. The first-order valence-corrected chi connectivity index (χ1v) is 42.8. The van der Waals surface area contributed by atoms with E-state index < -0.39 is 29.9 Å². The summed E-state index contributed by atoms with van der Waals surface area (Å²) in [5.41, 5.74) is 14.9. The molecular weight excluding hydrogens is 1750 g/mol. The number of fused-ring (bicyclic) bond motifs is 1. The Morgan fingerprint density at radius 3 is 1.27 bits per heavy atom. The van der Waals surface area contributed by atoms with E-state index in [0.29, 0.717) is 73.3 Å². The number of benzene rings is 4. The molecule has 0 amide bonds. The minimum absolute atomic E-state index is 0.0659. The smallest absolute Gasteiger partial charge is 0.408 e. The van der Waals surface area contributed by atoms with Gasteiger partial charge in [0.25, 0.3) is 5.92 Å². The van der Waals surface area contributed by atoms with Gasteiger partial charge in [0, 0.05) is 145 Å². The van der Waals surface area contributed by atoms with Crippen molar-refractivity contribution in [2.75, 3.05) is 0 Å². The third-order valence-corrected chi connectivity index (χ3v) is 21.1. The second-order valence-corrected chi connectivity index (χ2v) is 32.1. The highest BCUT2D eigenvalue weighted by Crippen LogP contribution is 2.38. The molecule has 11 aromatic heterocycles. The van der Waals surface area contributed by atoms with Gasteiger partial charge in [-0.15, -0.1) is 0 Å². The molecule has 32 heteroatoms. The molecule has 0 N–H and O–H groups in total. The van der Waals surface area contributed by atoms with Crippen molar-refractivity contribution < 1.29 is 64.4 Å². The van der Waals surface area contributed by atoms with E-state index in [9.17, 15) is 40.7 Å². The Hall–Kier alpha value is -14.6. The van der Waals surface area contributed by atoms with Crippen LogP contribution >= 0.6 is 15.9 Å². The quantitative estimate of drug-likeness (QED) is 0.0230. The first-order chi connectivity index (χ1) is 63.0. The number of aromatic nitrogens is 17. The Bertz CT molecular complexity index is 6320. The molecule has 0 radical (unpaired) electrons. The van der Waals surface area contributed by atoms with Gasteiger partial charge in [-0.3, -0.25) is 57.7 Å². The van der Waals surface area contributed by atoms with Crippen LogP contribution in [-0.4, -0.2) is 108 Å². The van der Waals surface area contributed by atoms with E-state index in [2.05, 4.69) is 140 Å². The molecule has 0 atom stereocenters. The number of nitrogens with zero attached hydrogens (tertiary/aromatic N) is 17. The van der Waals surface area contributed by atoms with Crippen LogP contribution in [0.3, 0.4) is 0 Å². The molecule has 4 aromatic carbocycles. The van der Waals surface area contributed by atoms with E-state index in [1.165, 1.54) is 37.6 Å². The minimum atomic E-state index is -4.48. The lowest BCUT2D eigenvalue weighted by Gasteiger charge is -2.15. The molecule has 0 saturated carbocycles. The van der Waals surface area contributed by atoms with Crippen LogP contribution in [-0.2, 0) is 59.0 Å². The Labute approximate surface area is 762 Å². The number of ether oxygens (including phenoxy) is 5. The summed E-state index contributed by atoms with van der Waals surface area (Å²) in [6.07, 6.45) is 16.0. The summed E-state index contributed by atoms with van der Waals surface area (Å²) in [5.74, 6) is -1.32. The summed E-state index contributed by atoms with van der Waals surface area (Å²) in [6.45, 7) is 26.7. The molecule has 25 nitrogen and oxygen atoms in total. The number of rotatable bonds is 30. The second kappa shape index (κ2) is 44.0. The number of hydrogen-bond acceptors (Lipinski definition) is 19. The summed E-state index contributed by atoms with van der Waals surface area (Å²) in [4.78, 5) is 57.3. The number of carbonyl (C=O) groups is 3. The van der Waals surface area contributed by atoms with Gasteiger partial charge in [-0.2, -0.15) is 52.5 Å². The van der Waals surface area contributed by atoms with Gasteiger partial charge in [-0.25, -0.2) is 14.1 Å². The molecule has 0 aliphatic heterocycles. The van der Waals surface area contributed by atoms with Crippen LogP contribution in [0.25, 0.3) is 69.1 Å². The Kier molecular flexibility index (Phi) is 32.1. The second-order valence-electron chi connectivity index (χ2n) is 31.2. The van der Waals surface area contributed by atoms with Crippen LogP contribution in [0.4, 0.5) is 26.3 Å². The van der Waals surface area contributed by atoms with Crippen molar-refractivity contribution in [3.63, 3.8) is 0 Å². The average molecular weight is 1850 g/mol. The van der Waals surface area contributed by atoms with Crippen molar-refractivity contribution in [3.8, 4) is 85.8 Å². The molecule has 1 aliphatic rings. The molecule has 676 valence electrons. The van der Waals surface area contributed by atoms with Gasteiger partial charge in [-0.05, 0) is 181 Å². The Morgan fingerprint density at radius 1 is 0.443 bits per heavy atom. The van der Waals surface area contributed by atoms with Crippen molar-refractivity contribution in [2.24, 2.45) is 7.05 Å². The zero-order valence-corrected chi connectivity index (χ0v) is 75.7. The molecule has 0 saturated heterocycles. The summed E-state index contributed by atoms with van der Waals surface area (Å²) < 4.78 is 119. The van der Waals surface area contributed by atoms with Crippen LogP contribution < -0.4 is 23.7 Å². The largest absolute Gasteiger partial charge is 0.488 e. The van der Waals surface area contributed by atoms with Crippen molar-refractivity contribution in [3.05, 3.63) is 322 Å². The molecule has 15 aromatic rings. The van der Waals surface area contributed by atoms with E-state index in [1.54, 1.807) is 61.3 Å². The van der Waals surface area contributed by atoms with E-state index in [-0.39, 0.29) is 72.5 Å². The monoisotopic (exact) mass is 1850 g/mol. The number of alkyl halides is 5. The third kappa shape index (κ3) is 23.7. The molecule has 11 heterocycles. The number of pyridine rings is 5. The highest BCUT2D eigenvalue weighted by Gasteiger charge is 2.36. The minimum Gasteiger partial charge on any atom is -0.488 e. The molecule has 0 spiro atoms. The Morgan fingerprint density at radius 2 is 0.840 bits per heavy atom. The fourth-order valence-corrected chi connectivity index (χ4v) is 14.8. The summed E-state index contributed by atoms with van der Waals surface area (Å²) in [5, 5.41) is 24.9. The van der Waals surface area contributed by atoms with Crippen LogP contribution in [0.2, 0.25) is 0 Å². The van der Waals surface area contributed by atoms with Crippen LogP contribution in [0.15, 0.2) is 243 Å². The standard InChI is InChI=1S/C21H20FN3O2.C20H20BrN3O2.2C20H21N3O.C18H16F5N5O2/c1-13(2)25-17(9-11-24-25)21-14(4-3-10-23-21)12-27-19-8-6-16(22)15-5-7-18(26)20(15)19;1-13(2)24-17(9-10-22-24)20-15(7-8-19(21)23-20)12-26-18-6-4-5-14(3)16(18)11-25;2*1-4-16-8-5-6-10-19(16)24-14-17-9-7-12-21-20(17)18-11-13-22-23(18)15(2)3;1-17(19,20)15-12(8-29)16(27(2)26-15)30-9-11-4-3-6-24-14(11)13-5-7-25-28(13)10-18(21,22)23/h3-4,6,8-11,13H,5,7,12H2,1-2H3;4-11,13H,12H2,1-3H3;2*4-13,15H,1,14H2,2-3H3;3-8H,9-10H2,1-2H3. The van der Waals surface area contributed by atoms with Gasteiger partial charge in [0.05, 0.1) is 68.1 Å². The number of Topliss-reactive ketones (excluding diaryl/α,β-unsaturated/α-hetero) is 1. The molecule has 131 heavy (non-hydrogen) atoms. The van der Waals surface area contributed by atoms with Gasteiger partial charge in [0.1, 0.15) is 84.3 Å². The van der Waals surface area contributed by atoms with Crippen molar-refractivity contribution >= 4 is 46.4 Å². The van der Waals surface area contributed by atoms with Crippen molar-refractivity contribution in [2.45, 2.75) is 158 Å². The number of aryl methyl sites for hydroxylation is 2. The van der Waals surface area contributed by atoms with Gasteiger partial charge >= 0.3 is 6.18 Å². The van der Waals surface area contributed by atoms with E-state index in [1.807, 2.05) is 172 Å². The predicted octanol–water partition coefficient (Wildman–Crippen LogP) is 22.6. The molecule has 0 unspecified atom stereocenters. The van der Waals surface area contributed by atoms with Gasteiger partial charge in [0.2, 0.25) is 5.88 Å².